The van der Waals surface area contributed by atoms with Crippen molar-refractivity contribution in [2.45, 2.75) is 58.1 Å². The Bertz CT molecular complexity index is 237. The van der Waals surface area contributed by atoms with Crippen molar-refractivity contribution >= 4 is 27.7 Å². The van der Waals surface area contributed by atoms with Gasteiger partial charge in [-0.2, -0.15) is 11.8 Å². The topological polar surface area (TPSA) is 3.24 Å². The molecule has 1 aliphatic heterocycles. The average molecular weight is 336 g/mol. The van der Waals surface area contributed by atoms with Crippen LogP contribution in [0.3, 0.4) is 0 Å². The lowest BCUT2D eigenvalue weighted by atomic mass is 9.80. The van der Waals surface area contributed by atoms with Crippen molar-refractivity contribution in [3.8, 4) is 0 Å². The number of nitrogens with zero attached hydrogens (tertiary/aromatic N) is 1. The Labute approximate surface area is 127 Å². The number of hydrogen-bond donors (Lipinski definition) is 0. The third-order valence-corrected chi connectivity index (χ3v) is 6.39. The van der Waals surface area contributed by atoms with E-state index in [9.17, 15) is 0 Å². The normalized spacial score (nSPS) is 21.2. The van der Waals surface area contributed by atoms with Crippen LogP contribution in [0.1, 0.15) is 53.4 Å². The van der Waals surface area contributed by atoms with Crippen molar-refractivity contribution < 1.29 is 0 Å². The van der Waals surface area contributed by atoms with E-state index in [1.807, 2.05) is 0 Å². The van der Waals surface area contributed by atoms with Gasteiger partial charge in [0.05, 0.1) is 0 Å². The Kier molecular flexibility index (Phi) is 7.06. The highest BCUT2D eigenvalue weighted by atomic mass is 79.9. The Hall–Kier alpha value is 0.790. The second kappa shape index (κ2) is 7.54. The molecule has 1 nitrogen and oxygen atoms in total. The lowest BCUT2D eigenvalue weighted by molar-refractivity contribution is 0.142. The van der Waals surface area contributed by atoms with Crippen molar-refractivity contribution in [3.63, 3.8) is 0 Å². The first kappa shape index (κ1) is 16.8. The Balaban J connectivity index is 2.64. The highest BCUT2D eigenvalue weighted by Crippen LogP contribution is 2.36. The second-order valence-electron chi connectivity index (χ2n) is 6.45. The minimum Gasteiger partial charge on any atom is -0.301 e. The maximum atomic E-state index is 3.80. The fourth-order valence-electron chi connectivity index (χ4n) is 3.24. The van der Waals surface area contributed by atoms with E-state index in [0.717, 1.165) is 5.33 Å². The smallest absolute Gasteiger partial charge is 0.0231 e. The molecule has 18 heavy (non-hydrogen) atoms. The third-order valence-electron chi connectivity index (χ3n) is 3.91. The molecule has 1 aliphatic rings. The zero-order valence-corrected chi connectivity index (χ0v) is 15.0. The molecule has 0 amide bonds. The van der Waals surface area contributed by atoms with E-state index >= 15 is 0 Å². The Morgan fingerprint density at radius 1 is 1.22 bits per heavy atom. The molecule has 0 unspecified atom stereocenters. The van der Waals surface area contributed by atoms with Gasteiger partial charge in [-0.15, -0.1) is 0 Å². The monoisotopic (exact) mass is 335 g/mol. The number of thioether (sulfide) groups is 1. The average Bonchev–Trinajstić information content (AvgIpc) is 2.28. The van der Waals surface area contributed by atoms with Crippen molar-refractivity contribution in [2.24, 2.45) is 5.41 Å². The largest absolute Gasteiger partial charge is 0.301 e. The van der Waals surface area contributed by atoms with Crippen LogP contribution in [0.25, 0.3) is 0 Å². The highest BCUT2D eigenvalue weighted by molar-refractivity contribution is 9.09. The van der Waals surface area contributed by atoms with Gasteiger partial charge in [-0.05, 0) is 32.1 Å². The minimum atomic E-state index is 0.439. The summed E-state index contributed by atoms with van der Waals surface area (Å²) >= 11 is 5.93. The van der Waals surface area contributed by atoms with Gasteiger partial charge in [-0.25, -0.2) is 0 Å². The first-order valence-corrected chi connectivity index (χ1v) is 9.50. The zero-order chi connectivity index (χ0) is 13.6. The van der Waals surface area contributed by atoms with Gasteiger partial charge in [0.2, 0.25) is 0 Å². The van der Waals surface area contributed by atoms with Crippen LogP contribution in [-0.4, -0.2) is 40.4 Å². The minimum absolute atomic E-state index is 0.439. The van der Waals surface area contributed by atoms with E-state index in [2.05, 4.69) is 60.3 Å². The molecule has 1 heterocycles. The third kappa shape index (κ3) is 5.05. The van der Waals surface area contributed by atoms with E-state index in [0.29, 0.717) is 10.2 Å². The summed E-state index contributed by atoms with van der Waals surface area (Å²) in [5.41, 5.74) is 0.502. The van der Waals surface area contributed by atoms with Crippen LogP contribution >= 0.6 is 27.7 Å². The van der Waals surface area contributed by atoms with Crippen molar-refractivity contribution in [3.05, 3.63) is 0 Å². The fourth-order valence-corrected chi connectivity index (χ4v) is 5.16. The maximum Gasteiger partial charge on any atom is 0.0231 e. The van der Waals surface area contributed by atoms with Crippen molar-refractivity contribution in [2.75, 3.05) is 30.7 Å². The molecular weight excluding hydrogens is 306 g/mol. The van der Waals surface area contributed by atoms with Crippen LogP contribution in [-0.2, 0) is 0 Å². The fraction of sp³-hybridized carbons (Fsp3) is 1.00. The SMILES string of the molecule is CCCC(CBr)(CCC)CN1CCSC(C)(C)C1. The molecule has 0 aromatic rings. The summed E-state index contributed by atoms with van der Waals surface area (Å²) in [6.45, 7) is 13.2. The molecule has 0 aromatic carbocycles. The lowest BCUT2D eigenvalue weighted by Crippen LogP contribution is -2.48. The molecule has 1 fully saturated rings. The van der Waals surface area contributed by atoms with E-state index in [1.165, 1.54) is 51.1 Å². The van der Waals surface area contributed by atoms with Gasteiger partial charge in [0.15, 0.2) is 0 Å². The van der Waals surface area contributed by atoms with Crippen LogP contribution in [0.5, 0.6) is 0 Å². The first-order chi connectivity index (χ1) is 8.47. The summed E-state index contributed by atoms with van der Waals surface area (Å²) in [6, 6.07) is 0. The van der Waals surface area contributed by atoms with E-state index in [4.69, 9.17) is 0 Å². The first-order valence-electron chi connectivity index (χ1n) is 7.39. The second-order valence-corrected chi connectivity index (χ2v) is 8.82. The molecule has 1 rings (SSSR count). The standard InChI is InChI=1S/C15H30BrNS/c1-5-7-15(11-16,8-6-2)13-17-9-10-18-14(3,4)12-17/h5-13H2,1-4H3. The summed E-state index contributed by atoms with van der Waals surface area (Å²) in [6.07, 6.45) is 5.32. The van der Waals surface area contributed by atoms with E-state index in [1.54, 1.807) is 0 Å². The lowest BCUT2D eigenvalue weighted by Gasteiger charge is -2.43. The molecule has 3 heteroatoms. The summed E-state index contributed by atoms with van der Waals surface area (Å²) in [4.78, 5) is 2.71. The van der Waals surface area contributed by atoms with Crippen LogP contribution < -0.4 is 0 Å². The molecule has 108 valence electrons. The van der Waals surface area contributed by atoms with Crippen molar-refractivity contribution in [1.82, 2.24) is 4.90 Å². The number of hydrogen-bond acceptors (Lipinski definition) is 2. The maximum absolute atomic E-state index is 3.80. The molecular formula is C15H30BrNS. The molecule has 0 N–H and O–H groups in total. The van der Waals surface area contributed by atoms with Crippen LogP contribution in [0.15, 0.2) is 0 Å². The molecule has 0 spiro atoms. The van der Waals surface area contributed by atoms with Crippen LogP contribution in [0.4, 0.5) is 0 Å². The zero-order valence-electron chi connectivity index (χ0n) is 12.6. The quantitative estimate of drug-likeness (QED) is 0.615. The Morgan fingerprint density at radius 3 is 2.28 bits per heavy atom. The summed E-state index contributed by atoms with van der Waals surface area (Å²) < 4.78 is 0.439. The van der Waals surface area contributed by atoms with Gasteiger partial charge >= 0.3 is 0 Å². The molecule has 0 aliphatic carbocycles. The van der Waals surface area contributed by atoms with Gasteiger partial charge < -0.3 is 4.90 Å². The van der Waals surface area contributed by atoms with Gasteiger partial charge in [0.25, 0.3) is 0 Å². The van der Waals surface area contributed by atoms with Gasteiger partial charge in [-0.1, -0.05) is 42.6 Å². The summed E-state index contributed by atoms with van der Waals surface area (Å²) in [5, 5.41) is 1.16. The van der Waals surface area contributed by atoms with Gasteiger partial charge in [-0.3, -0.25) is 0 Å². The van der Waals surface area contributed by atoms with Gasteiger partial charge in [0, 0.05) is 35.5 Å². The molecule has 0 bridgehead atoms. The van der Waals surface area contributed by atoms with Gasteiger partial charge in [0.1, 0.15) is 0 Å². The summed E-state index contributed by atoms with van der Waals surface area (Å²) in [7, 11) is 0. The molecule has 0 aromatic heterocycles. The number of halogens is 1. The predicted molar refractivity (Wildman–Crippen MR) is 89.0 cm³/mol. The van der Waals surface area contributed by atoms with Crippen molar-refractivity contribution in [1.29, 1.82) is 0 Å². The number of rotatable bonds is 7. The highest BCUT2D eigenvalue weighted by Gasteiger charge is 2.34. The van der Waals surface area contributed by atoms with E-state index < -0.39 is 0 Å². The van der Waals surface area contributed by atoms with Crippen LogP contribution in [0, 0.1) is 5.41 Å². The van der Waals surface area contributed by atoms with E-state index in [-0.39, 0.29) is 0 Å². The molecule has 0 saturated carbocycles. The molecule has 0 radical (unpaired) electrons. The molecule has 0 atom stereocenters. The predicted octanol–water partition coefficient (Wildman–Crippen LogP) is 4.80. The Morgan fingerprint density at radius 2 is 1.83 bits per heavy atom. The van der Waals surface area contributed by atoms with Crippen LogP contribution in [0.2, 0.25) is 0 Å². The summed E-state index contributed by atoms with van der Waals surface area (Å²) in [5.74, 6) is 1.30. The number of alkyl halides is 1. The molecule has 1 saturated heterocycles.